The molecular weight excluding hydrogens is 160 g/mol. The van der Waals surface area contributed by atoms with Crippen LogP contribution in [0.15, 0.2) is 12.2 Å². The Balaban J connectivity index is 3.51. The van der Waals surface area contributed by atoms with E-state index in [2.05, 4.69) is 20.4 Å². The lowest BCUT2D eigenvalue weighted by molar-refractivity contribution is 0.149. The SMILES string of the molecule is C=C(CCl)C[C@H](O)CC(C)C. The predicted molar refractivity (Wildman–Crippen MR) is 49.9 cm³/mol. The topological polar surface area (TPSA) is 20.2 Å². The van der Waals surface area contributed by atoms with Crippen molar-refractivity contribution in [1.29, 1.82) is 0 Å². The molecule has 0 saturated carbocycles. The number of aliphatic hydroxyl groups excluding tert-OH is 1. The highest BCUT2D eigenvalue weighted by Crippen LogP contribution is 2.12. The first-order valence-corrected chi connectivity index (χ1v) is 4.50. The maximum Gasteiger partial charge on any atom is 0.0580 e. The van der Waals surface area contributed by atoms with Crippen LogP contribution in [-0.4, -0.2) is 17.1 Å². The molecule has 66 valence electrons. The second-order valence-corrected chi connectivity index (χ2v) is 3.64. The summed E-state index contributed by atoms with van der Waals surface area (Å²) in [7, 11) is 0. The maximum absolute atomic E-state index is 9.40. The van der Waals surface area contributed by atoms with Crippen LogP contribution in [0, 0.1) is 5.92 Å². The number of halogens is 1. The molecule has 0 bridgehead atoms. The van der Waals surface area contributed by atoms with E-state index in [0.717, 1.165) is 12.0 Å². The lowest BCUT2D eigenvalue weighted by atomic mass is 10.0. The Morgan fingerprint density at radius 2 is 2.09 bits per heavy atom. The standard InChI is InChI=1S/C9H17ClO/c1-7(2)4-9(11)5-8(3)6-10/h7,9,11H,3-6H2,1-2H3/t9-/m1/s1. The molecule has 0 rings (SSSR count). The van der Waals surface area contributed by atoms with Crippen molar-refractivity contribution in [2.24, 2.45) is 5.92 Å². The highest BCUT2D eigenvalue weighted by atomic mass is 35.5. The third-order valence-electron chi connectivity index (χ3n) is 1.46. The van der Waals surface area contributed by atoms with E-state index < -0.39 is 0 Å². The molecule has 2 heteroatoms. The minimum Gasteiger partial charge on any atom is -0.393 e. The first-order valence-electron chi connectivity index (χ1n) is 3.97. The molecule has 0 aliphatic carbocycles. The molecule has 0 aromatic heterocycles. The van der Waals surface area contributed by atoms with Gasteiger partial charge < -0.3 is 5.11 Å². The molecule has 1 N–H and O–H groups in total. The zero-order chi connectivity index (χ0) is 8.85. The Hall–Kier alpha value is -0.0100. The van der Waals surface area contributed by atoms with Gasteiger partial charge in [-0.2, -0.15) is 0 Å². The summed E-state index contributed by atoms with van der Waals surface area (Å²) >= 11 is 5.52. The van der Waals surface area contributed by atoms with Crippen LogP contribution in [0.1, 0.15) is 26.7 Å². The van der Waals surface area contributed by atoms with E-state index in [1.165, 1.54) is 0 Å². The molecule has 0 heterocycles. The minimum absolute atomic E-state index is 0.263. The van der Waals surface area contributed by atoms with Gasteiger partial charge in [0.05, 0.1) is 6.10 Å². The van der Waals surface area contributed by atoms with Crippen LogP contribution < -0.4 is 0 Å². The second kappa shape index (κ2) is 5.62. The van der Waals surface area contributed by atoms with E-state index in [1.54, 1.807) is 0 Å². The first kappa shape index (κ1) is 11.0. The summed E-state index contributed by atoms with van der Waals surface area (Å²) in [6, 6.07) is 0. The fourth-order valence-corrected chi connectivity index (χ4v) is 1.12. The molecular formula is C9H17ClO. The smallest absolute Gasteiger partial charge is 0.0580 e. The van der Waals surface area contributed by atoms with Crippen molar-refractivity contribution in [2.75, 3.05) is 5.88 Å². The summed E-state index contributed by atoms with van der Waals surface area (Å²) in [6.45, 7) is 7.91. The molecule has 1 nitrogen and oxygen atoms in total. The van der Waals surface area contributed by atoms with Gasteiger partial charge in [0.1, 0.15) is 0 Å². The van der Waals surface area contributed by atoms with Crippen molar-refractivity contribution in [2.45, 2.75) is 32.8 Å². The van der Waals surface area contributed by atoms with Crippen molar-refractivity contribution in [3.8, 4) is 0 Å². The van der Waals surface area contributed by atoms with Gasteiger partial charge in [0.25, 0.3) is 0 Å². The highest BCUT2D eigenvalue weighted by Gasteiger charge is 2.07. The lowest BCUT2D eigenvalue weighted by Crippen LogP contribution is -2.11. The van der Waals surface area contributed by atoms with Crippen LogP contribution in [0.2, 0.25) is 0 Å². The lowest BCUT2D eigenvalue weighted by Gasteiger charge is -2.12. The van der Waals surface area contributed by atoms with Crippen LogP contribution in [0.3, 0.4) is 0 Å². The van der Waals surface area contributed by atoms with Crippen LogP contribution in [-0.2, 0) is 0 Å². The fraction of sp³-hybridized carbons (Fsp3) is 0.778. The van der Waals surface area contributed by atoms with Gasteiger partial charge in [-0.3, -0.25) is 0 Å². The summed E-state index contributed by atoms with van der Waals surface area (Å²) in [4.78, 5) is 0. The van der Waals surface area contributed by atoms with E-state index in [4.69, 9.17) is 11.6 Å². The van der Waals surface area contributed by atoms with Crippen LogP contribution in [0.4, 0.5) is 0 Å². The fourth-order valence-electron chi connectivity index (χ4n) is 1.02. The average Bonchev–Trinajstić information content (AvgIpc) is 1.85. The first-order chi connectivity index (χ1) is 5.06. The van der Waals surface area contributed by atoms with Gasteiger partial charge >= 0.3 is 0 Å². The maximum atomic E-state index is 9.40. The van der Waals surface area contributed by atoms with Gasteiger partial charge in [0.15, 0.2) is 0 Å². The molecule has 0 unspecified atom stereocenters. The Labute approximate surface area is 74.1 Å². The van der Waals surface area contributed by atoms with Crippen molar-refractivity contribution in [1.82, 2.24) is 0 Å². The Bertz CT molecular complexity index is 121. The third-order valence-corrected chi connectivity index (χ3v) is 1.83. The van der Waals surface area contributed by atoms with Gasteiger partial charge in [0.2, 0.25) is 0 Å². The Kier molecular flexibility index (Phi) is 5.61. The number of hydrogen-bond acceptors (Lipinski definition) is 1. The molecule has 0 aliphatic heterocycles. The highest BCUT2D eigenvalue weighted by molar-refractivity contribution is 6.19. The summed E-state index contributed by atoms with van der Waals surface area (Å²) in [6.07, 6.45) is 1.21. The third kappa shape index (κ3) is 6.39. The van der Waals surface area contributed by atoms with Crippen molar-refractivity contribution >= 4 is 11.6 Å². The zero-order valence-corrected chi connectivity index (χ0v) is 8.06. The van der Waals surface area contributed by atoms with Crippen molar-refractivity contribution in [3.63, 3.8) is 0 Å². The quantitative estimate of drug-likeness (QED) is 0.505. The normalized spacial score (nSPS) is 13.5. The molecule has 1 atom stereocenters. The zero-order valence-electron chi connectivity index (χ0n) is 7.31. The predicted octanol–water partition coefficient (Wildman–Crippen LogP) is 2.58. The van der Waals surface area contributed by atoms with E-state index in [1.807, 2.05) is 0 Å². The molecule has 0 radical (unpaired) electrons. The number of rotatable bonds is 5. The molecule has 11 heavy (non-hydrogen) atoms. The molecule has 0 spiro atoms. The van der Waals surface area contributed by atoms with E-state index in [0.29, 0.717) is 18.2 Å². The van der Waals surface area contributed by atoms with Gasteiger partial charge in [-0.05, 0) is 18.8 Å². The largest absolute Gasteiger partial charge is 0.393 e. The van der Waals surface area contributed by atoms with Gasteiger partial charge in [-0.25, -0.2) is 0 Å². The Morgan fingerprint density at radius 1 is 1.55 bits per heavy atom. The molecule has 0 aromatic rings. The summed E-state index contributed by atoms with van der Waals surface area (Å²) in [5.74, 6) is 0.989. The van der Waals surface area contributed by atoms with Crippen molar-refractivity contribution < 1.29 is 5.11 Å². The minimum atomic E-state index is -0.263. The molecule has 0 aliphatic rings. The summed E-state index contributed by atoms with van der Waals surface area (Å²) in [5.41, 5.74) is 0.916. The second-order valence-electron chi connectivity index (χ2n) is 3.37. The monoisotopic (exact) mass is 176 g/mol. The number of hydrogen-bond donors (Lipinski definition) is 1. The van der Waals surface area contributed by atoms with Gasteiger partial charge in [-0.15, -0.1) is 11.6 Å². The van der Waals surface area contributed by atoms with Gasteiger partial charge in [-0.1, -0.05) is 26.0 Å². The van der Waals surface area contributed by atoms with Crippen LogP contribution >= 0.6 is 11.6 Å². The number of alkyl halides is 1. The van der Waals surface area contributed by atoms with E-state index in [-0.39, 0.29) is 6.10 Å². The Morgan fingerprint density at radius 3 is 2.45 bits per heavy atom. The van der Waals surface area contributed by atoms with E-state index >= 15 is 0 Å². The van der Waals surface area contributed by atoms with Crippen LogP contribution in [0.5, 0.6) is 0 Å². The van der Waals surface area contributed by atoms with Crippen molar-refractivity contribution in [3.05, 3.63) is 12.2 Å². The summed E-state index contributed by atoms with van der Waals surface area (Å²) < 4.78 is 0. The molecule has 0 saturated heterocycles. The van der Waals surface area contributed by atoms with E-state index in [9.17, 15) is 5.11 Å². The molecule has 0 aromatic carbocycles. The summed E-state index contributed by atoms with van der Waals surface area (Å²) in [5, 5.41) is 9.40. The average molecular weight is 177 g/mol. The van der Waals surface area contributed by atoms with Gasteiger partial charge in [0, 0.05) is 5.88 Å². The molecule has 0 amide bonds. The van der Waals surface area contributed by atoms with Crippen LogP contribution in [0.25, 0.3) is 0 Å². The number of aliphatic hydroxyl groups is 1. The molecule has 0 fully saturated rings.